The number of carbonyl (C=O) groups is 1. The second-order valence-corrected chi connectivity index (χ2v) is 7.87. The molecule has 0 fully saturated rings. The molecule has 138 valence electrons. The number of rotatable bonds is 7. The number of alkyl halides is 2. The summed E-state index contributed by atoms with van der Waals surface area (Å²) in [6, 6.07) is 4.86. The number of halogens is 3. The average molecular weight is 385 g/mol. The maximum Gasteiger partial charge on any atom is 0.341 e. The van der Waals surface area contributed by atoms with Crippen LogP contribution < -0.4 is 11.1 Å². The zero-order valence-electron chi connectivity index (χ0n) is 13.8. The highest BCUT2D eigenvalue weighted by molar-refractivity contribution is 7.91. The van der Waals surface area contributed by atoms with Crippen LogP contribution in [0.5, 0.6) is 0 Å². The van der Waals surface area contributed by atoms with Crippen LogP contribution in [-0.4, -0.2) is 32.2 Å². The maximum atomic E-state index is 12.4. The standard InChI is InChI=1S/C15H22F2N2O3S.ClH/c1-10(2)15(3,9-18)19-13(20)8-11-4-6-12(7-5-11)23(21,22)14(16)17;/h4-7,10,14H,8-9,18H2,1-3H3,(H,19,20);1H. The van der Waals surface area contributed by atoms with E-state index in [4.69, 9.17) is 5.73 Å². The molecule has 1 unspecified atom stereocenters. The molecule has 1 rings (SSSR count). The zero-order valence-corrected chi connectivity index (χ0v) is 15.4. The van der Waals surface area contributed by atoms with Crippen molar-refractivity contribution < 1.29 is 22.0 Å². The summed E-state index contributed by atoms with van der Waals surface area (Å²) in [7, 11) is -4.62. The Morgan fingerprint density at radius 2 is 1.75 bits per heavy atom. The van der Waals surface area contributed by atoms with E-state index < -0.39 is 26.0 Å². The number of amides is 1. The zero-order chi connectivity index (χ0) is 17.8. The van der Waals surface area contributed by atoms with Gasteiger partial charge in [-0.25, -0.2) is 8.42 Å². The third-order valence-corrected chi connectivity index (χ3v) is 5.37. The van der Waals surface area contributed by atoms with Crippen LogP contribution in [0.2, 0.25) is 0 Å². The second-order valence-electron chi connectivity index (χ2n) is 5.95. The Hall–Kier alpha value is -1.25. The first-order chi connectivity index (χ1) is 10.5. The van der Waals surface area contributed by atoms with Gasteiger partial charge in [0, 0.05) is 6.54 Å². The lowest BCUT2D eigenvalue weighted by Crippen LogP contribution is -2.55. The van der Waals surface area contributed by atoms with E-state index >= 15 is 0 Å². The molecule has 1 aromatic carbocycles. The van der Waals surface area contributed by atoms with Gasteiger partial charge < -0.3 is 11.1 Å². The number of hydrogen-bond acceptors (Lipinski definition) is 4. The minimum absolute atomic E-state index is 0. The monoisotopic (exact) mass is 384 g/mol. The first-order valence-corrected chi connectivity index (χ1v) is 8.69. The van der Waals surface area contributed by atoms with Crippen LogP contribution in [0.1, 0.15) is 26.3 Å². The summed E-state index contributed by atoms with van der Waals surface area (Å²) in [5.74, 6) is -3.60. The molecule has 24 heavy (non-hydrogen) atoms. The fraction of sp³-hybridized carbons (Fsp3) is 0.533. The van der Waals surface area contributed by atoms with Gasteiger partial charge in [0.15, 0.2) is 0 Å². The smallest absolute Gasteiger partial charge is 0.341 e. The molecule has 5 nitrogen and oxygen atoms in total. The van der Waals surface area contributed by atoms with E-state index in [1.807, 2.05) is 20.8 Å². The van der Waals surface area contributed by atoms with Crippen molar-refractivity contribution in [2.45, 2.75) is 43.4 Å². The largest absolute Gasteiger partial charge is 0.349 e. The highest BCUT2D eigenvalue weighted by atomic mass is 35.5. The quantitative estimate of drug-likeness (QED) is 0.753. The molecule has 3 N–H and O–H groups in total. The summed E-state index contributed by atoms with van der Waals surface area (Å²) in [6.45, 7) is 6.00. The van der Waals surface area contributed by atoms with Gasteiger partial charge in [-0.1, -0.05) is 26.0 Å². The third-order valence-electron chi connectivity index (χ3n) is 3.97. The molecule has 0 aliphatic carbocycles. The minimum atomic E-state index is -4.62. The summed E-state index contributed by atoms with van der Waals surface area (Å²) < 4.78 is 47.5. The first-order valence-electron chi connectivity index (χ1n) is 7.15. The summed E-state index contributed by atoms with van der Waals surface area (Å²) in [4.78, 5) is 11.6. The van der Waals surface area contributed by atoms with Crippen molar-refractivity contribution in [3.8, 4) is 0 Å². The molecule has 0 aromatic heterocycles. The lowest BCUT2D eigenvalue weighted by molar-refractivity contribution is -0.122. The molecule has 9 heteroatoms. The first kappa shape index (κ1) is 22.8. The molecule has 0 aliphatic rings. The van der Waals surface area contributed by atoms with E-state index in [0.29, 0.717) is 5.56 Å². The molecular weight excluding hydrogens is 362 g/mol. The van der Waals surface area contributed by atoms with Crippen LogP contribution in [-0.2, 0) is 21.1 Å². The SMILES string of the molecule is CC(C)C(C)(CN)NC(=O)Cc1ccc(S(=O)(=O)C(F)F)cc1.Cl. The Kier molecular flexibility index (Phi) is 8.28. The van der Waals surface area contributed by atoms with Gasteiger partial charge in [-0.15, -0.1) is 12.4 Å². The molecule has 0 saturated heterocycles. The molecular formula is C15H23ClF2N2O3S. The molecule has 0 aliphatic heterocycles. The number of nitrogens with one attached hydrogen (secondary N) is 1. The molecule has 0 heterocycles. The maximum absolute atomic E-state index is 12.4. The lowest BCUT2D eigenvalue weighted by atomic mass is 9.88. The van der Waals surface area contributed by atoms with Gasteiger partial charge in [0.05, 0.1) is 16.9 Å². The van der Waals surface area contributed by atoms with Crippen LogP contribution in [0.25, 0.3) is 0 Å². The molecule has 1 atom stereocenters. The summed E-state index contributed by atoms with van der Waals surface area (Å²) >= 11 is 0. The number of benzene rings is 1. The Bertz CT molecular complexity index is 651. The van der Waals surface area contributed by atoms with E-state index in [1.165, 1.54) is 12.1 Å². The average Bonchev–Trinajstić information content (AvgIpc) is 2.47. The van der Waals surface area contributed by atoms with Gasteiger partial charge in [-0.3, -0.25) is 4.79 Å². The summed E-state index contributed by atoms with van der Waals surface area (Å²) in [5.41, 5.74) is 5.67. The normalized spacial score (nSPS) is 14.2. The predicted molar refractivity (Wildman–Crippen MR) is 91.0 cm³/mol. The number of nitrogens with two attached hydrogens (primary N) is 1. The third kappa shape index (κ3) is 5.39. The molecule has 1 amide bonds. The van der Waals surface area contributed by atoms with E-state index in [0.717, 1.165) is 12.1 Å². The Morgan fingerprint density at radius 3 is 2.12 bits per heavy atom. The number of hydrogen-bond donors (Lipinski definition) is 2. The Balaban J connectivity index is 0.00000529. The molecule has 0 bridgehead atoms. The summed E-state index contributed by atoms with van der Waals surface area (Å²) in [6.07, 6.45) is 0.0112. The molecule has 0 radical (unpaired) electrons. The van der Waals surface area contributed by atoms with Crippen molar-refractivity contribution in [1.29, 1.82) is 0 Å². The minimum Gasteiger partial charge on any atom is -0.349 e. The van der Waals surface area contributed by atoms with Crippen molar-refractivity contribution in [3.05, 3.63) is 29.8 Å². The van der Waals surface area contributed by atoms with Gasteiger partial charge in [0.25, 0.3) is 0 Å². The number of sulfone groups is 1. The van der Waals surface area contributed by atoms with Crippen molar-refractivity contribution in [2.75, 3.05) is 6.54 Å². The van der Waals surface area contributed by atoms with Gasteiger partial charge in [-0.05, 0) is 30.5 Å². The van der Waals surface area contributed by atoms with E-state index in [1.54, 1.807) is 0 Å². The highest BCUT2D eigenvalue weighted by Crippen LogP contribution is 2.19. The molecule has 0 saturated carbocycles. The van der Waals surface area contributed by atoms with E-state index in [-0.39, 0.29) is 37.2 Å². The lowest BCUT2D eigenvalue weighted by Gasteiger charge is -2.33. The number of carbonyl (C=O) groups excluding carboxylic acids is 1. The van der Waals surface area contributed by atoms with Crippen molar-refractivity contribution in [1.82, 2.24) is 5.32 Å². The molecule has 0 spiro atoms. The van der Waals surface area contributed by atoms with Crippen LogP contribution in [0.4, 0.5) is 8.78 Å². The molecule has 1 aromatic rings. The fourth-order valence-corrected chi connectivity index (χ4v) is 2.60. The van der Waals surface area contributed by atoms with Crippen molar-refractivity contribution in [2.24, 2.45) is 11.7 Å². The predicted octanol–water partition coefficient (Wildman–Crippen LogP) is 2.14. The van der Waals surface area contributed by atoms with Crippen molar-refractivity contribution in [3.63, 3.8) is 0 Å². The highest BCUT2D eigenvalue weighted by Gasteiger charge is 2.29. The fourth-order valence-electron chi connectivity index (χ4n) is 1.88. The van der Waals surface area contributed by atoms with Crippen LogP contribution in [0.3, 0.4) is 0 Å². The summed E-state index contributed by atoms with van der Waals surface area (Å²) in [5, 5.41) is 2.85. The van der Waals surface area contributed by atoms with Crippen LogP contribution in [0, 0.1) is 5.92 Å². The Morgan fingerprint density at radius 1 is 1.25 bits per heavy atom. The Labute approximate surface area is 147 Å². The van der Waals surface area contributed by atoms with E-state index in [2.05, 4.69) is 5.32 Å². The second kappa shape index (κ2) is 8.73. The van der Waals surface area contributed by atoms with Crippen LogP contribution in [0.15, 0.2) is 29.2 Å². The van der Waals surface area contributed by atoms with E-state index in [9.17, 15) is 22.0 Å². The van der Waals surface area contributed by atoms with Gasteiger partial charge in [0.2, 0.25) is 15.7 Å². The topological polar surface area (TPSA) is 89.3 Å². The van der Waals surface area contributed by atoms with Gasteiger partial charge >= 0.3 is 5.76 Å². The van der Waals surface area contributed by atoms with Gasteiger partial charge in [-0.2, -0.15) is 8.78 Å². The van der Waals surface area contributed by atoms with Gasteiger partial charge in [0.1, 0.15) is 0 Å². The van der Waals surface area contributed by atoms with Crippen molar-refractivity contribution >= 4 is 28.2 Å². The van der Waals surface area contributed by atoms with Crippen LogP contribution >= 0.6 is 12.4 Å².